The van der Waals surface area contributed by atoms with Crippen molar-refractivity contribution < 1.29 is 14.0 Å². The number of benzene rings is 2. The Morgan fingerprint density at radius 3 is 2.46 bits per heavy atom. The van der Waals surface area contributed by atoms with Crippen LogP contribution in [0.2, 0.25) is 0 Å². The summed E-state index contributed by atoms with van der Waals surface area (Å²) in [7, 11) is 3.44. The predicted octanol–water partition coefficient (Wildman–Crippen LogP) is 4.18. The second-order valence-electron chi connectivity index (χ2n) is 6.66. The zero-order valence-electron chi connectivity index (χ0n) is 15.4. The van der Waals surface area contributed by atoms with Gasteiger partial charge in [-0.1, -0.05) is 12.1 Å². The van der Waals surface area contributed by atoms with Crippen LogP contribution >= 0.6 is 0 Å². The lowest BCUT2D eigenvalue weighted by molar-refractivity contribution is -0.604. The molecule has 0 saturated carbocycles. The molecule has 1 aliphatic rings. The minimum atomic E-state index is 0.883. The van der Waals surface area contributed by atoms with Gasteiger partial charge in [-0.05, 0) is 55.7 Å². The molecule has 0 radical (unpaired) electrons. The smallest absolute Gasteiger partial charge is 0.262 e. The molecule has 26 heavy (non-hydrogen) atoms. The summed E-state index contributed by atoms with van der Waals surface area (Å²) >= 11 is 0. The van der Waals surface area contributed by atoms with Gasteiger partial charge < -0.3 is 9.47 Å². The lowest BCUT2D eigenvalue weighted by atomic mass is 10.1. The topological polar surface area (TPSA) is 27.3 Å². The number of para-hydroxylation sites is 2. The van der Waals surface area contributed by atoms with Crippen molar-refractivity contribution in [3.05, 3.63) is 60.6 Å². The van der Waals surface area contributed by atoms with Gasteiger partial charge in [0, 0.05) is 12.0 Å². The van der Waals surface area contributed by atoms with E-state index in [0.717, 1.165) is 30.2 Å². The molecule has 0 N–H and O–H groups in total. The van der Waals surface area contributed by atoms with Gasteiger partial charge in [0.1, 0.15) is 11.9 Å². The summed E-state index contributed by atoms with van der Waals surface area (Å²) in [6.45, 7) is 1.05. The molecule has 0 bridgehead atoms. The molecule has 1 aromatic heterocycles. The first-order valence-electron chi connectivity index (χ1n) is 9.23. The van der Waals surface area contributed by atoms with Crippen molar-refractivity contribution in [1.29, 1.82) is 0 Å². The minimum absolute atomic E-state index is 0.883. The van der Waals surface area contributed by atoms with Crippen molar-refractivity contribution in [3.63, 3.8) is 0 Å². The van der Waals surface area contributed by atoms with Crippen LogP contribution in [0.15, 0.2) is 54.7 Å². The maximum Gasteiger partial charge on any atom is 0.262 e. The highest BCUT2D eigenvalue weighted by molar-refractivity contribution is 5.60. The van der Waals surface area contributed by atoms with Crippen LogP contribution in [-0.2, 0) is 13.0 Å². The van der Waals surface area contributed by atoms with Crippen LogP contribution in [0.1, 0.15) is 25.1 Å². The summed E-state index contributed by atoms with van der Waals surface area (Å²) in [5.41, 5.74) is 3.55. The van der Waals surface area contributed by atoms with E-state index in [9.17, 15) is 0 Å². The van der Waals surface area contributed by atoms with Crippen molar-refractivity contribution >= 4 is 0 Å². The molecule has 0 amide bonds. The van der Waals surface area contributed by atoms with Gasteiger partial charge in [-0.2, -0.15) is 4.57 Å². The summed E-state index contributed by atoms with van der Waals surface area (Å²) < 4.78 is 15.7. The van der Waals surface area contributed by atoms with Crippen LogP contribution < -0.4 is 14.0 Å². The number of imidazole rings is 1. The summed E-state index contributed by atoms with van der Waals surface area (Å²) in [4.78, 5) is 0. The molecule has 2 heterocycles. The zero-order chi connectivity index (χ0) is 17.9. The lowest BCUT2D eigenvalue weighted by Crippen LogP contribution is -2.34. The number of ether oxygens (including phenoxy) is 2. The second-order valence-corrected chi connectivity index (χ2v) is 6.66. The van der Waals surface area contributed by atoms with Gasteiger partial charge in [0.15, 0.2) is 17.1 Å². The van der Waals surface area contributed by atoms with E-state index in [-0.39, 0.29) is 0 Å². The fraction of sp³-hybridized carbons (Fsp3) is 0.318. The van der Waals surface area contributed by atoms with Gasteiger partial charge in [-0.25, -0.2) is 4.57 Å². The van der Waals surface area contributed by atoms with Gasteiger partial charge in [0.05, 0.1) is 20.8 Å². The Labute approximate surface area is 154 Å². The van der Waals surface area contributed by atoms with Gasteiger partial charge in [-0.15, -0.1) is 0 Å². The van der Waals surface area contributed by atoms with E-state index in [1.54, 1.807) is 14.2 Å². The van der Waals surface area contributed by atoms with Crippen LogP contribution in [0.25, 0.3) is 16.9 Å². The standard InChI is InChI=1S/C22H25N2O2/c1-25-18-13-11-17(12-14-18)20-16-24(19-8-5-6-9-21(19)26-2)22-10-4-3-7-15-23(20)22/h5-6,8-9,11-14,16H,3-4,7,10,15H2,1-2H3/q+1. The molecule has 1 aliphatic heterocycles. The summed E-state index contributed by atoms with van der Waals surface area (Å²) in [5, 5.41) is 0. The molecular formula is C22H25N2O2+. The fourth-order valence-corrected chi connectivity index (χ4v) is 3.80. The van der Waals surface area contributed by atoms with Crippen LogP contribution in [0.3, 0.4) is 0 Å². The van der Waals surface area contributed by atoms with Gasteiger partial charge in [0.25, 0.3) is 5.82 Å². The third kappa shape index (κ3) is 2.96. The predicted molar refractivity (Wildman–Crippen MR) is 102 cm³/mol. The number of fused-ring (bicyclic) bond motifs is 1. The highest BCUT2D eigenvalue weighted by Gasteiger charge is 2.28. The number of methoxy groups -OCH3 is 2. The molecule has 2 aromatic carbocycles. The Kier molecular flexibility index (Phi) is 4.65. The lowest BCUT2D eigenvalue weighted by Gasteiger charge is -2.06. The molecule has 134 valence electrons. The Balaban J connectivity index is 1.88. The maximum absolute atomic E-state index is 5.62. The average Bonchev–Trinajstić information content (AvgIpc) is 2.88. The van der Waals surface area contributed by atoms with Gasteiger partial charge in [0.2, 0.25) is 0 Å². The molecule has 0 spiro atoms. The number of nitrogens with zero attached hydrogens (tertiary/aromatic N) is 2. The molecule has 4 nitrogen and oxygen atoms in total. The summed E-state index contributed by atoms with van der Waals surface area (Å²) in [6.07, 6.45) is 7.04. The fourth-order valence-electron chi connectivity index (χ4n) is 3.80. The van der Waals surface area contributed by atoms with Gasteiger partial charge >= 0.3 is 0 Å². The van der Waals surface area contributed by atoms with Crippen LogP contribution in [0.5, 0.6) is 11.5 Å². The largest absolute Gasteiger partial charge is 0.497 e. The van der Waals surface area contributed by atoms with E-state index >= 15 is 0 Å². The Morgan fingerprint density at radius 1 is 0.885 bits per heavy atom. The first-order chi connectivity index (χ1) is 12.8. The molecule has 3 aromatic rings. The number of hydrogen-bond donors (Lipinski definition) is 0. The number of hydrogen-bond acceptors (Lipinski definition) is 2. The van der Waals surface area contributed by atoms with E-state index in [1.165, 1.54) is 36.3 Å². The van der Waals surface area contributed by atoms with E-state index in [1.807, 2.05) is 24.3 Å². The molecule has 4 rings (SSSR count). The maximum atomic E-state index is 5.62. The highest BCUT2D eigenvalue weighted by Crippen LogP contribution is 2.28. The normalized spacial score (nSPS) is 13.8. The van der Waals surface area contributed by atoms with Crippen molar-refractivity contribution in [2.45, 2.75) is 32.2 Å². The Hall–Kier alpha value is -2.75. The minimum Gasteiger partial charge on any atom is -0.497 e. The molecule has 0 unspecified atom stereocenters. The van der Waals surface area contributed by atoms with E-state index in [2.05, 4.69) is 39.6 Å². The molecule has 0 fully saturated rings. The van der Waals surface area contributed by atoms with Crippen molar-refractivity contribution in [3.8, 4) is 28.4 Å². The first kappa shape index (κ1) is 16.7. The summed E-state index contributed by atoms with van der Waals surface area (Å²) in [6, 6.07) is 16.6. The van der Waals surface area contributed by atoms with Crippen molar-refractivity contribution in [1.82, 2.24) is 4.57 Å². The first-order valence-corrected chi connectivity index (χ1v) is 9.23. The molecular weight excluding hydrogens is 324 g/mol. The molecule has 0 aliphatic carbocycles. The highest BCUT2D eigenvalue weighted by atomic mass is 16.5. The number of rotatable bonds is 4. The van der Waals surface area contributed by atoms with Crippen LogP contribution in [-0.4, -0.2) is 18.8 Å². The third-order valence-electron chi connectivity index (χ3n) is 5.14. The molecule has 0 atom stereocenters. The van der Waals surface area contributed by atoms with Gasteiger partial charge in [-0.3, -0.25) is 0 Å². The second kappa shape index (κ2) is 7.24. The van der Waals surface area contributed by atoms with E-state index in [4.69, 9.17) is 9.47 Å². The quantitative estimate of drug-likeness (QED) is 0.661. The molecule has 4 heteroatoms. The Bertz CT molecular complexity index is 897. The monoisotopic (exact) mass is 349 g/mol. The molecule has 0 saturated heterocycles. The average molecular weight is 349 g/mol. The zero-order valence-corrected chi connectivity index (χ0v) is 15.4. The van der Waals surface area contributed by atoms with Crippen LogP contribution in [0.4, 0.5) is 0 Å². The Morgan fingerprint density at radius 2 is 1.69 bits per heavy atom. The van der Waals surface area contributed by atoms with Crippen molar-refractivity contribution in [2.75, 3.05) is 14.2 Å². The van der Waals surface area contributed by atoms with E-state index in [0.29, 0.717) is 0 Å². The summed E-state index contributed by atoms with van der Waals surface area (Å²) in [5.74, 6) is 3.13. The SMILES string of the molecule is COc1ccc(-c2c[n+](-c3ccccc3OC)c3n2CCCCC3)cc1. The number of aromatic nitrogens is 2. The van der Waals surface area contributed by atoms with Crippen LogP contribution in [0, 0.1) is 0 Å². The van der Waals surface area contributed by atoms with Crippen molar-refractivity contribution in [2.24, 2.45) is 0 Å². The van der Waals surface area contributed by atoms with E-state index < -0.39 is 0 Å². The third-order valence-corrected chi connectivity index (χ3v) is 5.14.